The van der Waals surface area contributed by atoms with Crippen LogP contribution in [-0.2, 0) is 12.6 Å². The third-order valence-corrected chi connectivity index (χ3v) is 3.25. The van der Waals surface area contributed by atoms with Crippen molar-refractivity contribution in [3.05, 3.63) is 71.3 Å². The molecule has 1 atom stereocenters. The van der Waals surface area contributed by atoms with Gasteiger partial charge in [0.15, 0.2) is 0 Å². The van der Waals surface area contributed by atoms with Gasteiger partial charge in [-0.25, -0.2) is 0 Å². The quantitative estimate of drug-likeness (QED) is 0.865. The zero-order valence-corrected chi connectivity index (χ0v) is 12.1. The number of nitrogens with two attached hydrogens (primary N) is 1. The fraction of sp³-hybridized carbons (Fsp3) is 0.250. The first-order valence-corrected chi connectivity index (χ1v) is 6.43. The number of aryl methyl sites for hydroxylation is 1. The van der Waals surface area contributed by atoms with Crippen molar-refractivity contribution in [2.75, 3.05) is 0 Å². The lowest BCUT2D eigenvalue weighted by molar-refractivity contribution is -0.137. The highest BCUT2D eigenvalue weighted by Gasteiger charge is 2.29. The molecule has 21 heavy (non-hydrogen) atoms. The molecule has 2 rings (SSSR count). The molecule has 2 aromatic carbocycles. The van der Waals surface area contributed by atoms with Crippen LogP contribution in [0.3, 0.4) is 0 Å². The van der Waals surface area contributed by atoms with Gasteiger partial charge >= 0.3 is 6.18 Å². The van der Waals surface area contributed by atoms with Gasteiger partial charge in [0.2, 0.25) is 0 Å². The molecule has 0 saturated carbocycles. The molecular formula is C16H17ClF3N. The largest absolute Gasteiger partial charge is 0.416 e. The third-order valence-electron chi connectivity index (χ3n) is 3.25. The molecule has 2 N–H and O–H groups in total. The number of halogens is 4. The predicted molar refractivity (Wildman–Crippen MR) is 80.4 cm³/mol. The Hall–Kier alpha value is -1.52. The number of alkyl halides is 3. The third kappa shape index (κ3) is 5.06. The normalized spacial score (nSPS) is 12.6. The number of benzene rings is 2. The Morgan fingerprint density at radius 1 is 0.905 bits per heavy atom. The Morgan fingerprint density at radius 3 is 2.00 bits per heavy atom. The van der Waals surface area contributed by atoms with E-state index in [1.54, 1.807) is 0 Å². The number of hydrogen-bond donors (Lipinski definition) is 1. The van der Waals surface area contributed by atoms with Crippen LogP contribution >= 0.6 is 12.4 Å². The molecule has 1 unspecified atom stereocenters. The van der Waals surface area contributed by atoms with Crippen molar-refractivity contribution >= 4 is 12.4 Å². The van der Waals surface area contributed by atoms with Crippen LogP contribution in [0.1, 0.15) is 29.2 Å². The molecule has 5 heteroatoms. The van der Waals surface area contributed by atoms with E-state index in [2.05, 4.69) is 0 Å². The van der Waals surface area contributed by atoms with Gasteiger partial charge in [-0.1, -0.05) is 42.5 Å². The summed E-state index contributed by atoms with van der Waals surface area (Å²) in [6, 6.07) is 14.8. The summed E-state index contributed by atoms with van der Waals surface area (Å²) in [5, 5.41) is 0. The Morgan fingerprint density at radius 2 is 1.48 bits per heavy atom. The second kappa shape index (κ2) is 7.48. The summed E-state index contributed by atoms with van der Waals surface area (Å²) < 4.78 is 37.3. The van der Waals surface area contributed by atoms with E-state index >= 15 is 0 Å². The van der Waals surface area contributed by atoms with Crippen LogP contribution in [0, 0.1) is 0 Å². The molecular weight excluding hydrogens is 299 g/mol. The lowest BCUT2D eigenvalue weighted by Crippen LogP contribution is -2.11. The molecule has 0 aromatic heterocycles. The second-order valence-corrected chi connectivity index (χ2v) is 4.75. The molecule has 0 aliphatic heterocycles. The number of hydrogen-bond acceptors (Lipinski definition) is 1. The summed E-state index contributed by atoms with van der Waals surface area (Å²) >= 11 is 0. The first-order valence-electron chi connectivity index (χ1n) is 6.43. The fourth-order valence-electron chi connectivity index (χ4n) is 2.05. The summed E-state index contributed by atoms with van der Waals surface area (Å²) in [6.45, 7) is 0. The Bertz CT molecular complexity index is 538. The van der Waals surface area contributed by atoms with E-state index in [4.69, 9.17) is 5.73 Å². The van der Waals surface area contributed by atoms with Crippen LogP contribution in [0.25, 0.3) is 0 Å². The minimum atomic E-state index is -4.28. The Kier molecular flexibility index (Phi) is 6.24. The maximum Gasteiger partial charge on any atom is 0.416 e. The number of rotatable bonds is 4. The Balaban J connectivity index is 0.00000220. The van der Waals surface area contributed by atoms with E-state index in [9.17, 15) is 13.2 Å². The SMILES string of the molecule is Cl.NC(CCc1ccc(C(F)(F)F)cc1)c1ccccc1. The van der Waals surface area contributed by atoms with Crippen LogP contribution < -0.4 is 5.73 Å². The maximum atomic E-state index is 12.4. The summed E-state index contributed by atoms with van der Waals surface area (Å²) in [5.41, 5.74) is 7.35. The standard InChI is InChI=1S/C16H16F3N.ClH/c17-16(18,19)14-9-6-12(7-10-14)8-11-15(20)13-4-2-1-3-5-13;/h1-7,9-10,15H,8,11,20H2;1H. The predicted octanol–water partition coefficient (Wildman–Crippen LogP) is 4.76. The van der Waals surface area contributed by atoms with Gasteiger partial charge < -0.3 is 5.73 Å². The zero-order chi connectivity index (χ0) is 14.6. The van der Waals surface area contributed by atoms with E-state index in [1.807, 2.05) is 30.3 Å². The first kappa shape index (κ1) is 17.5. The van der Waals surface area contributed by atoms with Gasteiger partial charge in [-0.05, 0) is 36.1 Å². The van der Waals surface area contributed by atoms with E-state index < -0.39 is 11.7 Å². The van der Waals surface area contributed by atoms with Crippen LogP contribution in [0.2, 0.25) is 0 Å². The highest BCUT2D eigenvalue weighted by molar-refractivity contribution is 5.85. The topological polar surface area (TPSA) is 26.0 Å². The first-order chi connectivity index (χ1) is 9.47. The van der Waals surface area contributed by atoms with E-state index in [-0.39, 0.29) is 18.4 Å². The summed E-state index contributed by atoms with van der Waals surface area (Å²) in [7, 11) is 0. The van der Waals surface area contributed by atoms with Gasteiger partial charge in [0.25, 0.3) is 0 Å². The summed E-state index contributed by atoms with van der Waals surface area (Å²) in [4.78, 5) is 0. The molecule has 114 valence electrons. The van der Waals surface area contributed by atoms with Crippen LogP contribution in [0.4, 0.5) is 13.2 Å². The second-order valence-electron chi connectivity index (χ2n) is 4.75. The zero-order valence-electron chi connectivity index (χ0n) is 11.3. The minimum Gasteiger partial charge on any atom is -0.324 e. The van der Waals surface area contributed by atoms with Crippen molar-refractivity contribution in [2.24, 2.45) is 5.73 Å². The van der Waals surface area contributed by atoms with Gasteiger partial charge in [0.05, 0.1) is 5.56 Å². The van der Waals surface area contributed by atoms with E-state index in [1.165, 1.54) is 12.1 Å². The highest BCUT2D eigenvalue weighted by atomic mass is 35.5. The molecule has 0 saturated heterocycles. The van der Waals surface area contributed by atoms with Gasteiger partial charge in [0.1, 0.15) is 0 Å². The summed E-state index contributed by atoms with van der Waals surface area (Å²) in [6.07, 6.45) is -2.91. The molecule has 0 radical (unpaired) electrons. The average molecular weight is 316 g/mol. The molecule has 2 aromatic rings. The van der Waals surface area contributed by atoms with Crippen LogP contribution in [0.5, 0.6) is 0 Å². The molecule has 1 nitrogen and oxygen atoms in total. The molecule has 0 fully saturated rings. The van der Waals surface area contributed by atoms with Gasteiger partial charge in [-0.15, -0.1) is 12.4 Å². The van der Waals surface area contributed by atoms with Crippen molar-refractivity contribution in [1.82, 2.24) is 0 Å². The minimum absolute atomic E-state index is 0. The molecule has 0 aliphatic rings. The fourth-order valence-corrected chi connectivity index (χ4v) is 2.05. The molecule has 0 amide bonds. The molecule has 0 heterocycles. The van der Waals surface area contributed by atoms with Crippen molar-refractivity contribution < 1.29 is 13.2 Å². The van der Waals surface area contributed by atoms with Gasteiger partial charge in [-0.3, -0.25) is 0 Å². The average Bonchev–Trinajstić information content (AvgIpc) is 2.45. The molecule has 0 aliphatic carbocycles. The van der Waals surface area contributed by atoms with Crippen molar-refractivity contribution in [1.29, 1.82) is 0 Å². The maximum absolute atomic E-state index is 12.4. The highest BCUT2D eigenvalue weighted by Crippen LogP contribution is 2.29. The Labute approximate surface area is 128 Å². The van der Waals surface area contributed by atoms with Crippen LogP contribution in [0.15, 0.2) is 54.6 Å². The van der Waals surface area contributed by atoms with Crippen molar-refractivity contribution in [3.63, 3.8) is 0 Å². The van der Waals surface area contributed by atoms with Gasteiger partial charge in [0, 0.05) is 6.04 Å². The van der Waals surface area contributed by atoms with Crippen LogP contribution in [-0.4, -0.2) is 0 Å². The van der Waals surface area contributed by atoms with E-state index in [0.717, 1.165) is 23.3 Å². The van der Waals surface area contributed by atoms with Crippen molar-refractivity contribution in [3.8, 4) is 0 Å². The molecule has 0 bridgehead atoms. The smallest absolute Gasteiger partial charge is 0.324 e. The van der Waals surface area contributed by atoms with Gasteiger partial charge in [-0.2, -0.15) is 13.2 Å². The lowest BCUT2D eigenvalue weighted by atomic mass is 9.99. The monoisotopic (exact) mass is 315 g/mol. The summed E-state index contributed by atoms with van der Waals surface area (Å²) in [5.74, 6) is 0. The lowest BCUT2D eigenvalue weighted by Gasteiger charge is -2.12. The van der Waals surface area contributed by atoms with Crippen molar-refractivity contribution in [2.45, 2.75) is 25.1 Å². The van der Waals surface area contributed by atoms with E-state index in [0.29, 0.717) is 12.8 Å². The molecule has 0 spiro atoms.